The summed E-state index contributed by atoms with van der Waals surface area (Å²) in [6.45, 7) is 1.16. The largest absolute Gasteiger partial charge is 0.480 e. The number of carbonyl (C=O) groups excluding carboxylic acids is 1. The number of ether oxygens (including phenoxy) is 1. The Kier molecular flexibility index (Phi) is 4.21. The van der Waals surface area contributed by atoms with Gasteiger partial charge in [-0.05, 0) is 28.8 Å². The molecule has 5 nitrogen and oxygen atoms in total. The van der Waals surface area contributed by atoms with E-state index in [1.807, 2.05) is 59.4 Å². The number of amides is 1. The second-order valence-electron chi connectivity index (χ2n) is 6.11. The van der Waals surface area contributed by atoms with Crippen molar-refractivity contribution in [1.82, 2.24) is 15.1 Å². The molecular formula is C20H19N3O2. The fraction of sp³-hybridized carbons (Fsp3) is 0.200. The lowest BCUT2D eigenvalue weighted by atomic mass is 10.1. The molecular weight excluding hydrogens is 314 g/mol. The number of benzene rings is 2. The predicted molar refractivity (Wildman–Crippen MR) is 94.2 cm³/mol. The number of aromatic nitrogens is 2. The normalized spacial score (nSPS) is 15.4. The number of para-hydroxylation sites is 1. The van der Waals surface area contributed by atoms with Crippen LogP contribution in [0.3, 0.4) is 0 Å². The quantitative estimate of drug-likeness (QED) is 0.781. The summed E-state index contributed by atoms with van der Waals surface area (Å²) in [7, 11) is 0. The first-order chi connectivity index (χ1) is 12.3. The molecule has 0 saturated heterocycles. The summed E-state index contributed by atoms with van der Waals surface area (Å²) in [5.41, 5.74) is 3.31. The van der Waals surface area contributed by atoms with Gasteiger partial charge in [-0.15, -0.1) is 0 Å². The number of hydrogen-bond acceptors (Lipinski definition) is 3. The number of fused-ring (bicyclic) bond motifs is 1. The Labute approximate surface area is 146 Å². The van der Waals surface area contributed by atoms with Crippen LogP contribution in [0.4, 0.5) is 0 Å². The van der Waals surface area contributed by atoms with Gasteiger partial charge in [0.15, 0.2) is 6.10 Å². The molecule has 0 radical (unpaired) electrons. The van der Waals surface area contributed by atoms with Crippen molar-refractivity contribution in [2.45, 2.75) is 25.6 Å². The van der Waals surface area contributed by atoms with Gasteiger partial charge in [-0.1, -0.05) is 42.5 Å². The molecule has 4 rings (SSSR count). The third-order valence-corrected chi connectivity index (χ3v) is 4.40. The van der Waals surface area contributed by atoms with E-state index >= 15 is 0 Å². The summed E-state index contributed by atoms with van der Waals surface area (Å²) < 4.78 is 7.62. The van der Waals surface area contributed by atoms with E-state index in [-0.39, 0.29) is 5.91 Å². The molecule has 25 heavy (non-hydrogen) atoms. The highest BCUT2D eigenvalue weighted by molar-refractivity contribution is 5.82. The molecule has 1 amide bonds. The highest BCUT2D eigenvalue weighted by Crippen LogP contribution is 2.28. The lowest BCUT2D eigenvalue weighted by molar-refractivity contribution is -0.127. The van der Waals surface area contributed by atoms with Crippen LogP contribution in [0.2, 0.25) is 0 Å². The number of nitrogens with zero attached hydrogens (tertiary/aromatic N) is 2. The van der Waals surface area contributed by atoms with Crippen molar-refractivity contribution in [2.24, 2.45) is 0 Å². The average Bonchev–Trinajstić information content (AvgIpc) is 3.30. The first kappa shape index (κ1) is 15.4. The molecule has 1 aromatic heterocycles. The first-order valence-electron chi connectivity index (χ1n) is 8.36. The highest BCUT2D eigenvalue weighted by Gasteiger charge is 2.28. The molecule has 2 aromatic carbocycles. The molecule has 2 heterocycles. The van der Waals surface area contributed by atoms with Crippen LogP contribution in [0, 0.1) is 0 Å². The van der Waals surface area contributed by atoms with E-state index in [1.165, 1.54) is 0 Å². The number of hydrogen-bond donors (Lipinski definition) is 1. The molecule has 0 spiro atoms. The van der Waals surface area contributed by atoms with Crippen molar-refractivity contribution in [3.8, 4) is 5.75 Å². The summed E-state index contributed by atoms with van der Waals surface area (Å²) in [4.78, 5) is 12.5. The lowest BCUT2D eigenvalue weighted by Gasteiger charge is -2.14. The van der Waals surface area contributed by atoms with Gasteiger partial charge >= 0.3 is 0 Å². The minimum atomic E-state index is -0.448. The van der Waals surface area contributed by atoms with E-state index in [0.29, 0.717) is 19.5 Å². The monoisotopic (exact) mass is 333 g/mol. The molecule has 0 fully saturated rings. The SMILES string of the molecule is O=C(NCc1ccccc1Cn1cccn1)[C@H]1Cc2ccccc2O1. The Balaban J connectivity index is 1.40. The van der Waals surface area contributed by atoms with E-state index in [0.717, 1.165) is 22.4 Å². The Hall–Kier alpha value is -3.08. The van der Waals surface area contributed by atoms with E-state index < -0.39 is 6.10 Å². The zero-order valence-corrected chi connectivity index (χ0v) is 13.8. The van der Waals surface area contributed by atoms with Crippen LogP contribution >= 0.6 is 0 Å². The maximum absolute atomic E-state index is 12.5. The van der Waals surface area contributed by atoms with Gasteiger partial charge in [0.2, 0.25) is 0 Å². The Morgan fingerprint density at radius 3 is 2.72 bits per heavy atom. The molecule has 1 N–H and O–H groups in total. The van der Waals surface area contributed by atoms with E-state index in [2.05, 4.69) is 16.5 Å². The second-order valence-corrected chi connectivity index (χ2v) is 6.11. The van der Waals surface area contributed by atoms with Crippen molar-refractivity contribution in [2.75, 3.05) is 0 Å². The first-order valence-corrected chi connectivity index (χ1v) is 8.36. The third kappa shape index (κ3) is 3.40. The van der Waals surface area contributed by atoms with Crippen LogP contribution in [0.25, 0.3) is 0 Å². The van der Waals surface area contributed by atoms with Gasteiger partial charge in [0, 0.05) is 25.4 Å². The predicted octanol–water partition coefficient (Wildman–Crippen LogP) is 2.55. The van der Waals surface area contributed by atoms with E-state index in [9.17, 15) is 4.79 Å². The average molecular weight is 333 g/mol. The van der Waals surface area contributed by atoms with Crippen LogP contribution in [-0.4, -0.2) is 21.8 Å². The summed E-state index contributed by atoms with van der Waals surface area (Å²) >= 11 is 0. The molecule has 0 bridgehead atoms. The molecule has 0 aliphatic carbocycles. The molecule has 126 valence electrons. The lowest BCUT2D eigenvalue weighted by Crippen LogP contribution is -2.37. The van der Waals surface area contributed by atoms with Gasteiger partial charge in [0.05, 0.1) is 6.54 Å². The van der Waals surface area contributed by atoms with Crippen LogP contribution < -0.4 is 10.1 Å². The topological polar surface area (TPSA) is 56.2 Å². The summed E-state index contributed by atoms with van der Waals surface area (Å²) in [5, 5.41) is 7.25. The Bertz CT molecular complexity index is 849. The van der Waals surface area contributed by atoms with Crippen molar-refractivity contribution in [3.05, 3.63) is 83.7 Å². The fourth-order valence-electron chi connectivity index (χ4n) is 3.08. The molecule has 3 aromatic rings. The summed E-state index contributed by atoms with van der Waals surface area (Å²) in [6, 6.07) is 17.8. The van der Waals surface area contributed by atoms with Crippen LogP contribution in [-0.2, 0) is 24.3 Å². The van der Waals surface area contributed by atoms with Crippen LogP contribution in [0.5, 0.6) is 5.75 Å². The summed E-state index contributed by atoms with van der Waals surface area (Å²) in [6.07, 6.45) is 3.87. The van der Waals surface area contributed by atoms with Gasteiger partial charge < -0.3 is 10.1 Å². The standard InChI is InChI=1S/C20H19N3O2/c24-20(19-12-15-6-3-4-9-18(15)25-19)21-13-16-7-1-2-8-17(16)14-23-11-5-10-22-23/h1-11,19H,12-14H2,(H,21,24)/t19-/m1/s1. The molecule has 0 unspecified atom stereocenters. The van der Waals surface area contributed by atoms with Crippen molar-refractivity contribution in [1.29, 1.82) is 0 Å². The summed E-state index contributed by atoms with van der Waals surface area (Å²) in [5.74, 6) is 0.729. The second kappa shape index (κ2) is 6.81. The molecule has 1 aliphatic rings. The van der Waals surface area contributed by atoms with Crippen molar-refractivity contribution in [3.63, 3.8) is 0 Å². The third-order valence-electron chi connectivity index (χ3n) is 4.40. The molecule has 5 heteroatoms. The number of carbonyl (C=O) groups is 1. The molecule has 1 atom stereocenters. The van der Waals surface area contributed by atoms with Gasteiger partial charge in [0.25, 0.3) is 5.91 Å². The smallest absolute Gasteiger partial charge is 0.261 e. The van der Waals surface area contributed by atoms with Crippen LogP contribution in [0.1, 0.15) is 16.7 Å². The maximum atomic E-state index is 12.5. The Morgan fingerprint density at radius 2 is 1.92 bits per heavy atom. The number of nitrogens with one attached hydrogen (secondary N) is 1. The van der Waals surface area contributed by atoms with Crippen LogP contribution in [0.15, 0.2) is 67.0 Å². The maximum Gasteiger partial charge on any atom is 0.261 e. The van der Waals surface area contributed by atoms with Gasteiger partial charge in [-0.2, -0.15) is 5.10 Å². The number of rotatable bonds is 5. The van der Waals surface area contributed by atoms with Gasteiger partial charge in [-0.25, -0.2) is 0 Å². The fourth-order valence-corrected chi connectivity index (χ4v) is 3.08. The minimum absolute atomic E-state index is 0.0786. The molecule has 1 aliphatic heterocycles. The zero-order chi connectivity index (χ0) is 17.1. The van der Waals surface area contributed by atoms with Gasteiger partial charge in [-0.3, -0.25) is 9.48 Å². The Morgan fingerprint density at radius 1 is 1.12 bits per heavy atom. The van der Waals surface area contributed by atoms with E-state index in [4.69, 9.17) is 4.74 Å². The molecule has 0 saturated carbocycles. The van der Waals surface area contributed by atoms with Crippen molar-refractivity contribution < 1.29 is 9.53 Å². The zero-order valence-electron chi connectivity index (χ0n) is 13.8. The highest BCUT2D eigenvalue weighted by atomic mass is 16.5. The van der Waals surface area contributed by atoms with Gasteiger partial charge in [0.1, 0.15) is 5.75 Å². The van der Waals surface area contributed by atoms with Crippen molar-refractivity contribution >= 4 is 5.91 Å². The van der Waals surface area contributed by atoms with E-state index in [1.54, 1.807) is 6.20 Å². The minimum Gasteiger partial charge on any atom is -0.480 e.